The van der Waals surface area contributed by atoms with Crippen LogP contribution in [-0.2, 0) is 11.2 Å². The topological polar surface area (TPSA) is 88.2 Å². The monoisotopic (exact) mass is 386 g/mol. The molecule has 28 heavy (non-hydrogen) atoms. The molecule has 0 bridgehead atoms. The van der Waals surface area contributed by atoms with Crippen LogP contribution in [0, 0.1) is 0 Å². The van der Waals surface area contributed by atoms with E-state index in [1.165, 1.54) is 11.9 Å². The van der Waals surface area contributed by atoms with Crippen LogP contribution in [0.5, 0.6) is 0 Å². The second-order valence-electron chi connectivity index (χ2n) is 7.56. The summed E-state index contributed by atoms with van der Waals surface area (Å²) in [4.78, 5) is 32.3. The molecule has 0 aliphatic carbocycles. The first kappa shape index (κ1) is 20.2. The number of aliphatic imine (C=N–C) groups is 1. The molecule has 2 aliphatic heterocycles. The highest BCUT2D eigenvalue weighted by molar-refractivity contribution is 6.23. The van der Waals surface area contributed by atoms with Gasteiger partial charge in [-0.1, -0.05) is 44.2 Å². The van der Waals surface area contributed by atoms with E-state index in [2.05, 4.69) is 10.3 Å². The molecule has 3 rings (SSSR count). The SMILES string of the molecule is CC(C)NCC(O)C[N+]1=C(Cc2ccccc2)N=C2C1C(=O)N(C)C(=O)N2C. The van der Waals surface area contributed by atoms with Gasteiger partial charge in [0.15, 0.2) is 0 Å². The molecular weight excluding hydrogens is 358 g/mol. The number of benzene rings is 1. The van der Waals surface area contributed by atoms with Crippen molar-refractivity contribution >= 4 is 23.6 Å². The molecule has 0 spiro atoms. The second kappa shape index (κ2) is 8.20. The average molecular weight is 386 g/mol. The van der Waals surface area contributed by atoms with Crippen LogP contribution in [-0.4, -0.2) is 88.5 Å². The van der Waals surface area contributed by atoms with Crippen molar-refractivity contribution in [3.8, 4) is 0 Å². The number of nitrogens with one attached hydrogen (secondary N) is 1. The van der Waals surface area contributed by atoms with Crippen LogP contribution in [0.1, 0.15) is 19.4 Å². The summed E-state index contributed by atoms with van der Waals surface area (Å²) >= 11 is 0. The lowest BCUT2D eigenvalue weighted by molar-refractivity contribution is -0.544. The van der Waals surface area contributed by atoms with Crippen molar-refractivity contribution in [1.82, 2.24) is 15.1 Å². The maximum atomic E-state index is 12.9. The molecule has 1 saturated heterocycles. The molecule has 2 atom stereocenters. The molecular formula is C20H28N5O3+. The second-order valence-corrected chi connectivity index (χ2v) is 7.56. The number of hydrogen-bond donors (Lipinski definition) is 2. The van der Waals surface area contributed by atoms with Gasteiger partial charge in [0.1, 0.15) is 12.6 Å². The van der Waals surface area contributed by atoms with E-state index in [1.54, 1.807) is 7.05 Å². The van der Waals surface area contributed by atoms with Crippen LogP contribution in [0.2, 0.25) is 0 Å². The third-order valence-corrected chi connectivity index (χ3v) is 4.99. The van der Waals surface area contributed by atoms with Gasteiger partial charge in [-0.05, 0) is 10.6 Å². The van der Waals surface area contributed by atoms with Gasteiger partial charge in [0.05, 0.1) is 6.42 Å². The predicted octanol–water partition coefficient (Wildman–Crippen LogP) is 0.304. The van der Waals surface area contributed by atoms with Crippen molar-refractivity contribution in [1.29, 1.82) is 0 Å². The van der Waals surface area contributed by atoms with Gasteiger partial charge in [-0.3, -0.25) is 14.6 Å². The number of hydrogen-bond acceptors (Lipinski definition) is 5. The van der Waals surface area contributed by atoms with E-state index in [9.17, 15) is 14.7 Å². The van der Waals surface area contributed by atoms with Gasteiger partial charge >= 0.3 is 11.9 Å². The fourth-order valence-electron chi connectivity index (χ4n) is 3.44. The fraction of sp³-hybridized carbons (Fsp3) is 0.500. The minimum absolute atomic E-state index is 0.249. The highest BCUT2D eigenvalue weighted by Gasteiger charge is 2.53. The third kappa shape index (κ3) is 3.98. The Labute approximate surface area is 165 Å². The highest BCUT2D eigenvalue weighted by Crippen LogP contribution is 2.20. The Bertz CT molecular complexity index is 818. The molecule has 8 nitrogen and oxygen atoms in total. The van der Waals surface area contributed by atoms with Crippen LogP contribution < -0.4 is 5.32 Å². The van der Waals surface area contributed by atoms with Gasteiger partial charge in [0.25, 0.3) is 17.8 Å². The van der Waals surface area contributed by atoms with Gasteiger partial charge in [-0.15, -0.1) is 0 Å². The highest BCUT2D eigenvalue weighted by atomic mass is 16.3. The predicted molar refractivity (Wildman–Crippen MR) is 107 cm³/mol. The zero-order chi connectivity index (χ0) is 20.4. The molecule has 2 heterocycles. The molecule has 150 valence electrons. The number of likely N-dealkylation sites (N-methyl/N-ethyl adjacent to an activating group) is 2. The van der Waals surface area contributed by atoms with Crippen LogP contribution in [0.25, 0.3) is 0 Å². The van der Waals surface area contributed by atoms with Crippen molar-refractivity contribution in [2.45, 2.75) is 38.5 Å². The van der Waals surface area contributed by atoms with Gasteiger partial charge in [0, 0.05) is 26.7 Å². The maximum absolute atomic E-state index is 12.9. The summed E-state index contributed by atoms with van der Waals surface area (Å²) in [7, 11) is 3.10. The number of β-amino-alcohol motifs (C(OH)–C–C–N with tert-alkyl or cyclic N) is 1. The smallest absolute Gasteiger partial charge is 0.333 e. The Kier molecular flexibility index (Phi) is 5.90. The van der Waals surface area contributed by atoms with E-state index in [4.69, 9.17) is 0 Å². The molecule has 0 radical (unpaired) electrons. The van der Waals surface area contributed by atoms with Crippen molar-refractivity contribution in [3.63, 3.8) is 0 Å². The zero-order valence-corrected chi connectivity index (χ0v) is 16.8. The van der Waals surface area contributed by atoms with Crippen molar-refractivity contribution in [3.05, 3.63) is 35.9 Å². The number of amidine groups is 2. The van der Waals surface area contributed by atoms with Gasteiger partial charge < -0.3 is 10.4 Å². The lowest BCUT2D eigenvalue weighted by atomic mass is 10.1. The number of rotatable bonds is 7. The number of urea groups is 1. The van der Waals surface area contributed by atoms with E-state index in [1.807, 2.05) is 48.8 Å². The number of nitrogens with zero attached hydrogens (tertiary/aromatic N) is 4. The number of aliphatic hydroxyl groups excluding tert-OH is 1. The number of amides is 3. The molecule has 0 saturated carbocycles. The molecule has 1 aromatic rings. The lowest BCUT2D eigenvalue weighted by Gasteiger charge is -2.31. The molecule has 1 aromatic carbocycles. The summed E-state index contributed by atoms with van der Waals surface area (Å²) < 4.78 is 1.83. The first-order chi connectivity index (χ1) is 13.3. The lowest BCUT2D eigenvalue weighted by Crippen LogP contribution is -2.62. The molecule has 3 amide bonds. The van der Waals surface area contributed by atoms with E-state index < -0.39 is 18.2 Å². The summed E-state index contributed by atoms with van der Waals surface area (Å²) in [6.45, 7) is 4.68. The molecule has 2 aliphatic rings. The normalized spacial score (nSPS) is 20.8. The number of fused-ring (bicyclic) bond motifs is 1. The number of carbonyl (C=O) groups excluding carboxylic acids is 2. The standard InChI is InChI=1S/C20H28N5O3/c1-13(2)21-11-15(26)12-25-16(10-14-8-6-5-7-9-14)22-18-17(25)19(27)24(4)20(28)23(18)3/h5-9,13,15,17,21,26H,10-12H2,1-4H3/q+1. The Hall–Kier alpha value is -2.58. The summed E-state index contributed by atoms with van der Waals surface area (Å²) in [5.74, 6) is 0.773. The van der Waals surface area contributed by atoms with Crippen LogP contribution >= 0.6 is 0 Å². The molecule has 1 fully saturated rings. The number of aliphatic hydroxyl groups is 1. The molecule has 2 N–H and O–H groups in total. The Balaban J connectivity index is 1.93. The molecule has 2 unspecified atom stereocenters. The van der Waals surface area contributed by atoms with Gasteiger partial charge in [0.2, 0.25) is 0 Å². The molecule has 0 aromatic heterocycles. The molecule has 8 heteroatoms. The van der Waals surface area contributed by atoms with E-state index in [-0.39, 0.29) is 18.5 Å². The summed E-state index contributed by atoms with van der Waals surface area (Å²) in [6, 6.07) is 8.98. The van der Waals surface area contributed by atoms with Crippen LogP contribution in [0.4, 0.5) is 4.79 Å². The Morgan fingerprint density at radius 1 is 1.18 bits per heavy atom. The summed E-state index contributed by atoms with van der Waals surface area (Å²) in [5, 5.41) is 13.7. The van der Waals surface area contributed by atoms with Crippen LogP contribution in [0.15, 0.2) is 35.3 Å². The van der Waals surface area contributed by atoms with E-state index in [0.29, 0.717) is 24.6 Å². The quantitative estimate of drug-likeness (QED) is 0.660. The van der Waals surface area contributed by atoms with Gasteiger partial charge in [-0.25, -0.2) is 9.37 Å². The van der Waals surface area contributed by atoms with Crippen LogP contribution in [0.3, 0.4) is 0 Å². The van der Waals surface area contributed by atoms with E-state index in [0.717, 1.165) is 10.5 Å². The maximum Gasteiger partial charge on any atom is 0.333 e. The first-order valence-electron chi connectivity index (χ1n) is 9.51. The summed E-state index contributed by atoms with van der Waals surface area (Å²) in [6.07, 6.45) is -0.159. The minimum atomic E-state index is -0.694. The zero-order valence-electron chi connectivity index (χ0n) is 16.8. The fourth-order valence-corrected chi connectivity index (χ4v) is 3.44. The average Bonchev–Trinajstić information content (AvgIpc) is 3.02. The number of carbonyl (C=O) groups is 2. The van der Waals surface area contributed by atoms with Crippen molar-refractivity contribution in [2.75, 3.05) is 27.2 Å². The number of imide groups is 1. The van der Waals surface area contributed by atoms with Gasteiger partial charge in [-0.2, -0.15) is 0 Å². The Morgan fingerprint density at radius 3 is 2.50 bits per heavy atom. The largest absolute Gasteiger partial charge is 0.388 e. The van der Waals surface area contributed by atoms with Crippen molar-refractivity contribution in [2.24, 2.45) is 4.99 Å². The van der Waals surface area contributed by atoms with Crippen molar-refractivity contribution < 1.29 is 19.3 Å². The Morgan fingerprint density at radius 2 is 1.86 bits per heavy atom. The van der Waals surface area contributed by atoms with E-state index >= 15 is 0 Å². The minimum Gasteiger partial charge on any atom is -0.388 e. The first-order valence-corrected chi connectivity index (χ1v) is 9.51. The third-order valence-electron chi connectivity index (χ3n) is 4.99. The summed E-state index contributed by atoms with van der Waals surface area (Å²) in [5.41, 5.74) is 1.05.